The van der Waals surface area contributed by atoms with E-state index < -0.39 is 0 Å². The molecule has 27 heavy (non-hydrogen) atoms. The Balaban J connectivity index is 1.47. The summed E-state index contributed by atoms with van der Waals surface area (Å²) in [6.07, 6.45) is 4.78. The number of nitrogens with zero attached hydrogens (tertiary/aromatic N) is 4. The molecule has 0 bridgehead atoms. The van der Waals surface area contributed by atoms with Crippen molar-refractivity contribution in [1.82, 2.24) is 20.2 Å². The Morgan fingerprint density at radius 2 is 2.00 bits per heavy atom. The van der Waals surface area contributed by atoms with Crippen molar-refractivity contribution in [3.63, 3.8) is 0 Å². The Bertz CT molecular complexity index is 1180. The van der Waals surface area contributed by atoms with E-state index in [-0.39, 0.29) is 12.2 Å². The first-order valence-corrected chi connectivity index (χ1v) is 8.81. The Labute approximate surface area is 154 Å². The summed E-state index contributed by atoms with van der Waals surface area (Å²) >= 11 is 0. The van der Waals surface area contributed by atoms with Crippen LogP contribution in [0, 0.1) is 0 Å². The standard InChI is InChI=1S/C20H16N4O3/c25-20-9-15(18-7-13-3-1-4-14(13)8-19(18)27-20)11-26-17-6-2-5-16(10-17)24-12-21-22-23-24/h2,5-10,12H,1,3-4,11H2. The lowest BCUT2D eigenvalue weighted by molar-refractivity contribution is 0.306. The van der Waals surface area contributed by atoms with Gasteiger partial charge in [-0.25, -0.2) is 9.48 Å². The van der Waals surface area contributed by atoms with Crippen molar-refractivity contribution < 1.29 is 9.15 Å². The highest BCUT2D eigenvalue weighted by atomic mass is 16.5. The minimum Gasteiger partial charge on any atom is -0.489 e. The lowest BCUT2D eigenvalue weighted by Crippen LogP contribution is -2.05. The molecule has 0 saturated carbocycles. The number of hydrogen-bond acceptors (Lipinski definition) is 6. The maximum absolute atomic E-state index is 12.0. The fraction of sp³-hybridized carbons (Fsp3) is 0.200. The van der Waals surface area contributed by atoms with Crippen LogP contribution in [0.3, 0.4) is 0 Å². The smallest absolute Gasteiger partial charge is 0.336 e. The lowest BCUT2D eigenvalue weighted by atomic mass is 10.0. The zero-order valence-electron chi connectivity index (χ0n) is 14.5. The molecular formula is C20H16N4O3. The quantitative estimate of drug-likeness (QED) is 0.521. The van der Waals surface area contributed by atoms with Gasteiger partial charge in [-0.3, -0.25) is 0 Å². The molecule has 0 unspecified atom stereocenters. The molecule has 2 aromatic heterocycles. The van der Waals surface area contributed by atoms with Crippen LogP contribution < -0.4 is 10.4 Å². The van der Waals surface area contributed by atoms with Crippen molar-refractivity contribution >= 4 is 11.0 Å². The van der Waals surface area contributed by atoms with Crippen LogP contribution in [0.1, 0.15) is 23.1 Å². The summed E-state index contributed by atoms with van der Waals surface area (Å²) in [5, 5.41) is 12.1. The highest BCUT2D eigenvalue weighted by Gasteiger charge is 2.15. The normalized spacial score (nSPS) is 13.0. The maximum atomic E-state index is 12.0. The molecule has 0 atom stereocenters. The van der Waals surface area contributed by atoms with Crippen LogP contribution in [-0.2, 0) is 19.4 Å². The molecule has 1 aliphatic rings. The lowest BCUT2D eigenvalue weighted by Gasteiger charge is -2.10. The first kappa shape index (κ1) is 15.7. The summed E-state index contributed by atoms with van der Waals surface area (Å²) in [5.41, 5.74) is 4.50. The number of aryl methyl sites for hydroxylation is 2. The number of ether oxygens (including phenoxy) is 1. The van der Waals surface area contributed by atoms with E-state index in [9.17, 15) is 4.79 Å². The Morgan fingerprint density at radius 1 is 1.11 bits per heavy atom. The van der Waals surface area contributed by atoms with Crippen LogP contribution >= 0.6 is 0 Å². The fourth-order valence-corrected chi connectivity index (χ4v) is 3.57. The van der Waals surface area contributed by atoms with E-state index in [1.807, 2.05) is 30.3 Å². The molecule has 2 heterocycles. The molecular weight excluding hydrogens is 344 g/mol. The largest absolute Gasteiger partial charge is 0.489 e. The Morgan fingerprint density at radius 3 is 2.85 bits per heavy atom. The van der Waals surface area contributed by atoms with E-state index in [4.69, 9.17) is 9.15 Å². The number of fused-ring (bicyclic) bond motifs is 2. The molecule has 2 aromatic carbocycles. The maximum Gasteiger partial charge on any atom is 0.336 e. The highest BCUT2D eigenvalue weighted by Crippen LogP contribution is 2.29. The van der Waals surface area contributed by atoms with Gasteiger partial charge in [-0.1, -0.05) is 6.07 Å². The Kier molecular flexibility index (Phi) is 3.71. The first-order chi connectivity index (χ1) is 13.3. The molecule has 0 aliphatic heterocycles. The summed E-state index contributed by atoms with van der Waals surface area (Å²) < 4.78 is 12.9. The first-order valence-electron chi connectivity index (χ1n) is 8.81. The molecule has 5 rings (SSSR count). The predicted octanol–water partition coefficient (Wildman–Crippen LogP) is 2.84. The third kappa shape index (κ3) is 2.97. The third-order valence-corrected chi connectivity index (χ3v) is 4.87. The van der Waals surface area contributed by atoms with Crippen LogP contribution in [0.5, 0.6) is 5.75 Å². The average molecular weight is 360 g/mol. The zero-order chi connectivity index (χ0) is 18.2. The van der Waals surface area contributed by atoms with Crippen molar-refractivity contribution in [1.29, 1.82) is 0 Å². The van der Waals surface area contributed by atoms with Gasteiger partial charge < -0.3 is 9.15 Å². The van der Waals surface area contributed by atoms with Gasteiger partial charge in [0, 0.05) is 23.1 Å². The van der Waals surface area contributed by atoms with Gasteiger partial charge >= 0.3 is 5.63 Å². The third-order valence-electron chi connectivity index (χ3n) is 4.87. The van der Waals surface area contributed by atoms with Crippen LogP contribution in [0.15, 0.2) is 58.0 Å². The van der Waals surface area contributed by atoms with Crippen LogP contribution in [0.25, 0.3) is 16.7 Å². The minimum absolute atomic E-state index is 0.278. The molecule has 7 heteroatoms. The second-order valence-electron chi connectivity index (χ2n) is 6.60. The minimum atomic E-state index is -0.360. The molecule has 0 N–H and O–H groups in total. The summed E-state index contributed by atoms with van der Waals surface area (Å²) in [6.45, 7) is 0.278. The van der Waals surface area contributed by atoms with Gasteiger partial charge in [0.15, 0.2) is 0 Å². The van der Waals surface area contributed by atoms with Crippen LogP contribution in [0.4, 0.5) is 0 Å². The van der Waals surface area contributed by atoms with E-state index in [1.54, 1.807) is 4.68 Å². The fourth-order valence-electron chi connectivity index (χ4n) is 3.57. The van der Waals surface area contributed by atoms with Gasteiger partial charge in [-0.15, -0.1) is 5.10 Å². The van der Waals surface area contributed by atoms with Gasteiger partial charge in [0.25, 0.3) is 0 Å². The molecule has 0 saturated heterocycles. The predicted molar refractivity (Wildman–Crippen MR) is 98.0 cm³/mol. The van der Waals surface area contributed by atoms with Crippen molar-refractivity contribution in [2.75, 3.05) is 0 Å². The molecule has 1 aliphatic carbocycles. The van der Waals surface area contributed by atoms with E-state index in [0.717, 1.165) is 35.9 Å². The van der Waals surface area contributed by atoms with E-state index >= 15 is 0 Å². The molecule has 0 spiro atoms. The summed E-state index contributed by atoms with van der Waals surface area (Å²) in [6, 6.07) is 13.1. The average Bonchev–Trinajstić information content (AvgIpc) is 3.36. The number of tetrazole rings is 1. The van der Waals surface area contributed by atoms with E-state index in [0.29, 0.717) is 11.3 Å². The monoisotopic (exact) mass is 360 g/mol. The van der Waals surface area contributed by atoms with Gasteiger partial charge in [0.05, 0.1) is 5.69 Å². The second kappa shape index (κ2) is 6.35. The van der Waals surface area contributed by atoms with Crippen molar-refractivity contribution in [2.45, 2.75) is 25.9 Å². The van der Waals surface area contributed by atoms with Crippen molar-refractivity contribution in [3.05, 3.63) is 75.9 Å². The molecule has 4 aromatic rings. The van der Waals surface area contributed by atoms with E-state index in [2.05, 4.69) is 21.6 Å². The van der Waals surface area contributed by atoms with Crippen molar-refractivity contribution in [3.8, 4) is 11.4 Å². The number of hydrogen-bond donors (Lipinski definition) is 0. The number of aromatic nitrogens is 4. The summed E-state index contributed by atoms with van der Waals surface area (Å²) in [7, 11) is 0. The van der Waals surface area contributed by atoms with E-state index in [1.165, 1.54) is 23.5 Å². The van der Waals surface area contributed by atoms with Gasteiger partial charge in [-0.05, 0) is 65.1 Å². The SMILES string of the molecule is O=c1cc(COc2cccc(-n3cnnn3)c2)c2cc3c(cc2o1)CCC3. The molecule has 0 radical (unpaired) electrons. The molecule has 0 fully saturated rings. The zero-order valence-corrected chi connectivity index (χ0v) is 14.5. The Hall–Kier alpha value is -3.48. The molecule has 134 valence electrons. The van der Waals surface area contributed by atoms with Gasteiger partial charge in [0.2, 0.25) is 0 Å². The van der Waals surface area contributed by atoms with Crippen molar-refractivity contribution in [2.24, 2.45) is 0 Å². The second-order valence-corrected chi connectivity index (χ2v) is 6.60. The topological polar surface area (TPSA) is 83.0 Å². The van der Waals surface area contributed by atoms with Crippen LogP contribution in [0.2, 0.25) is 0 Å². The number of rotatable bonds is 4. The van der Waals surface area contributed by atoms with Crippen LogP contribution in [-0.4, -0.2) is 20.2 Å². The number of benzene rings is 2. The summed E-state index contributed by atoms with van der Waals surface area (Å²) in [4.78, 5) is 12.0. The highest BCUT2D eigenvalue weighted by molar-refractivity contribution is 5.82. The van der Waals surface area contributed by atoms with Gasteiger partial charge in [-0.2, -0.15) is 0 Å². The summed E-state index contributed by atoms with van der Waals surface area (Å²) in [5.74, 6) is 0.672. The van der Waals surface area contributed by atoms with Gasteiger partial charge in [0.1, 0.15) is 24.3 Å². The molecule has 0 amide bonds. The molecule has 7 nitrogen and oxygen atoms in total.